The van der Waals surface area contributed by atoms with Gasteiger partial charge < -0.3 is 9.64 Å². The Bertz CT molecular complexity index is 795. The van der Waals surface area contributed by atoms with Gasteiger partial charge in [-0.25, -0.2) is 0 Å². The predicted octanol–water partition coefficient (Wildman–Crippen LogP) is 5.48. The van der Waals surface area contributed by atoms with Crippen molar-refractivity contribution in [3.63, 3.8) is 0 Å². The molecule has 0 N–H and O–H groups in total. The van der Waals surface area contributed by atoms with Crippen LogP contribution < -0.4 is 4.74 Å². The third-order valence-electron chi connectivity index (χ3n) is 4.75. The highest BCUT2D eigenvalue weighted by atomic mass is 16.5. The summed E-state index contributed by atoms with van der Waals surface area (Å²) in [5.74, 6) is 0.991. The minimum atomic E-state index is -0.0741. The van der Waals surface area contributed by atoms with E-state index in [1.807, 2.05) is 78.6 Å². The lowest BCUT2D eigenvalue weighted by molar-refractivity contribution is -0.132. The molecular weight excluding hydrogens is 346 g/mol. The van der Waals surface area contributed by atoms with Crippen molar-refractivity contribution in [2.75, 3.05) is 13.2 Å². The summed E-state index contributed by atoms with van der Waals surface area (Å²) in [6.45, 7) is 3.23. The van der Waals surface area contributed by atoms with Crippen molar-refractivity contribution >= 4 is 5.91 Å². The number of para-hydroxylation sites is 1. The number of carbonyl (C=O) groups excluding carboxylic acids is 1. The first-order valence-electron chi connectivity index (χ1n) is 9.87. The van der Waals surface area contributed by atoms with Crippen LogP contribution in [0, 0.1) is 0 Å². The molecule has 3 nitrogen and oxygen atoms in total. The number of carbonyl (C=O) groups is 1. The van der Waals surface area contributed by atoms with Gasteiger partial charge in [-0.05, 0) is 36.6 Å². The zero-order chi connectivity index (χ0) is 19.6. The Morgan fingerprint density at radius 2 is 1.32 bits per heavy atom. The standard InChI is InChI=1S/C25H27NO2/c1-2-26(24(27)19-12-20-28-23-17-10-5-11-18-23)25(21-13-6-3-7-14-21)22-15-8-4-9-16-22/h3-11,13-18,25H,2,12,19-20H2,1H3. The lowest BCUT2D eigenvalue weighted by atomic mass is 9.96. The fraction of sp³-hybridized carbons (Fsp3) is 0.240. The number of amides is 1. The molecule has 0 heterocycles. The van der Waals surface area contributed by atoms with E-state index in [-0.39, 0.29) is 11.9 Å². The molecule has 0 aliphatic heterocycles. The maximum absolute atomic E-state index is 13.0. The molecule has 0 aliphatic carbocycles. The van der Waals surface area contributed by atoms with Gasteiger partial charge in [-0.15, -0.1) is 0 Å². The molecule has 0 spiro atoms. The SMILES string of the molecule is CCN(C(=O)CCCOc1ccccc1)C(c1ccccc1)c1ccccc1. The van der Waals surface area contributed by atoms with E-state index in [0.717, 1.165) is 16.9 Å². The van der Waals surface area contributed by atoms with Crippen molar-refractivity contribution in [3.8, 4) is 5.75 Å². The van der Waals surface area contributed by atoms with Gasteiger partial charge in [0.05, 0.1) is 12.6 Å². The first-order valence-corrected chi connectivity index (χ1v) is 9.87. The molecule has 0 aromatic heterocycles. The summed E-state index contributed by atoms with van der Waals surface area (Å²) in [7, 11) is 0. The van der Waals surface area contributed by atoms with E-state index >= 15 is 0 Å². The van der Waals surface area contributed by atoms with Gasteiger partial charge in [0.1, 0.15) is 5.75 Å². The summed E-state index contributed by atoms with van der Waals surface area (Å²) in [6, 6.07) is 30.1. The summed E-state index contributed by atoms with van der Waals surface area (Å²) < 4.78 is 5.73. The molecule has 3 rings (SSSR count). The van der Waals surface area contributed by atoms with Gasteiger partial charge in [0.2, 0.25) is 5.91 Å². The van der Waals surface area contributed by atoms with Crippen LogP contribution in [0.25, 0.3) is 0 Å². The highest BCUT2D eigenvalue weighted by Gasteiger charge is 2.25. The van der Waals surface area contributed by atoms with Crippen LogP contribution in [0.15, 0.2) is 91.0 Å². The van der Waals surface area contributed by atoms with E-state index in [0.29, 0.717) is 26.0 Å². The van der Waals surface area contributed by atoms with Crippen LogP contribution in [0.2, 0.25) is 0 Å². The molecule has 28 heavy (non-hydrogen) atoms. The molecule has 1 amide bonds. The van der Waals surface area contributed by atoms with Gasteiger partial charge in [0, 0.05) is 13.0 Å². The Labute approximate surface area is 167 Å². The second-order valence-corrected chi connectivity index (χ2v) is 6.67. The molecule has 0 unspecified atom stereocenters. The van der Waals surface area contributed by atoms with Crippen LogP contribution in [0.5, 0.6) is 5.75 Å². The summed E-state index contributed by atoms with van der Waals surface area (Å²) in [4.78, 5) is 15.0. The van der Waals surface area contributed by atoms with Gasteiger partial charge in [0.25, 0.3) is 0 Å². The Morgan fingerprint density at radius 3 is 1.82 bits per heavy atom. The van der Waals surface area contributed by atoms with Crippen LogP contribution in [0.3, 0.4) is 0 Å². The van der Waals surface area contributed by atoms with Crippen LogP contribution in [0.1, 0.15) is 36.9 Å². The summed E-state index contributed by atoms with van der Waals surface area (Å²) in [5.41, 5.74) is 2.26. The van der Waals surface area contributed by atoms with Gasteiger partial charge in [-0.1, -0.05) is 78.9 Å². The number of hydrogen-bond acceptors (Lipinski definition) is 2. The van der Waals surface area contributed by atoms with Crippen molar-refractivity contribution in [3.05, 3.63) is 102 Å². The van der Waals surface area contributed by atoms with Gasteiger partial charge >= 0.3 is 0 Å². The van der Waals surface area contributed by atoms with E-state index in [4.69, 9.17) is 4.74 Å². The summed E-state index contributed by atoms with van der Waals surface area (Å²) in [5, 5.41) is 0. The van der Waals surface area contributed by atoms with E-state index in [1.165, 1.54) is 0 Å². The maximum atomic E-state index is 13.0. The fourth-order valence-electron chi connectivity index (χ4n) is 3.40. The molecule has 0 aliphatic rings. The molecule has 0 bridgehead atoms. The van der Waals surface area contributed by atoms with Gasteiger partial charge in [-0.3, -0.25) is 4.79 Å². The minimum absolute atomic E-state index is 0.0741. The molecule has 0 radical (unpaired) electrons. The topological polar surface area (TPSA) is 29.5 Å². The first kappa shape index (κ1) is 19.7. The lowest BCUT2D eigenvalue weighted by Gasteiger charge is -2.32. The second-order valence-electron chi connectivity index (χ2n) is 6.67. The summed E-state index contributed by atoms with van der Waals surface area (Å²) in [6.07, 6.45) is 1.16. The minimum Gasteiger partial charge on any atom is -0.494 e. The molecule has 3 heteroatoms. The monoisotopic (exact) mass is 373 g/mol. The number of benzene rings is 3. The lowest BCUT2D eigenvalue weighted by Crippen LogP contribution is -2.35. The van der Waals surface area contributed by atoms with E-state index < -0.39 is 0 Å². The molecule has 0 saturated heterocycles. The van der Waals surface area contributed by atoms with Crippen LogP contribution >= 0.6 is 0 Å². The zero-order valence-corrected chi connectivity index (χ0v) is 16.3. The predicted molar refractivity (Wildman–Crippen MR) is 113 cm³/mol. The average molecular weight is 373 g/mol. The third kappa shape index (κ3) is 5.23. The van der Waals surface area contributed by atoms with Crippen molar-refractivity contribution in [1.82, 2.24) is 4.90 Å². The zero-order valence-electron chi connectivity index (χ0n) is 16.3. The first-order chi connectivity index (χ1) is 13.8. The quantitative estimate of drug-likeness (QED) is 0.465. The van der Waals surface area contributed by atoms with E-state index in [9.17, 15) is 4.79 Å². The second kappa shape index (κ2) is 10.3. The third-order valence-corrected chi connectivity index (χ3v) is 4.75. The largest absolute Gasteiger partial charge is 0.494 e. The van der Waals surface area contributed by atoms with Gasteiger partial charge in [0.15, 0.2) is 0 Å². The molecule has 0 fully saturated rings. The van der Waals surface area contributed by atoms with Crippen molar-refractivity contribution in [2.24, 2.45) is 0 Å². The average Bonchev–Trinajstić information content (AvgIpc) is 2.76. The van der Waals surface area contributed by atoms with Crippen molar-refractivity contribution in [1.29, 1.82) is 0 Å². The van der Waals surface area contributed by atoms with E-state index in [2.05, 4.69) is 24.3 Å². The molecule has 3 aromatic rings. The summed E-state index contributed by atoms with van der Waals surface area (Å²) >= 11 is 0. The Hall–Kier alpha value is -3.07. The number of hydrogen-bond donors (Lipinski definition) is 0. The molecule has 0 atom stereocenters. The molecule has 0 saturated carbocycles. The highest BCUT2D eigenvalue weighted by molar-refractivity contribution is 5.77. The van der Waals surface area contributed by atoms with Crippen LogP contribution in [-0.2, 0) is 4.79 Å². The maximum Gasteiger partial charge on any atom is 0.223 e. The normalized spacial score (nSPS) is 10.6. The fourth-order valence-corrected chi connectivity index (χ4v) is 3.40. The molecular formula is C25H27NO2. The number of rotatable bonds is 9. The number of nitrogens with zero attached hydrogens (tertiary/aromatic N) is 1. The Morgan fingerprint density at radius 1 is 0.821 bits per heavy atom. The highest BCUT2D eigenvalue weighted by Crippen LogP contribution is 2.29. The van der Waals surface area contributed by atoms with E-state index in [1.54, 1.807) is 0 Å². The van der Waals surface area contributed by atoms with Crippen molar-refractivity contribution in [2.45, 2.75) is 25.8 Å². The van der Waals surface area contributed by atoms with Crippen molar-refractivity contribution < 1.29 is 9.53 Å². The molecule has 144 valence electrons. The number of ether oxygens (including phenoxy) is 1. The van der Waals surface area contributed by atoms with Crippen LogP contribution in [0.4, 0.5) is 0 Å². The molecule has 3 aromatic carbocycles. The Balaban J connectivity index is 1.68. The smallest absolute Gasteiger partial charge is 0.223 e. The van der Waals surface area contributed by atoms with Gasteiger partial charge in [-0.2, -0.15) is 0 Å². The Kier molecular flexibility index (Phi) is 7.25. The van der Waals surface area contributed by atoms with Crippen LogP contribution in [-0.4, -0.2) is 24.0 Å².